The molecule has 1 amide bonds. The van der Waals surface area contributed by atoms with Gasteiger partial charge in [-0.05, 0) is 44.0 Å². The van der Waals surface area contributed by atoms with Gasteiger partial charge in [-0.2, -0.15) is 0 Å². The molecule has 3 nitrogen and oxygen atoms in total. The quantitative estimate of drug-likeness (QED) is 0.749. The Hall–Kier alpha value is -1.35. The van der Waals surface area contributed by atoms with Gasteiger partial charge in [-0.3, -0.25) is 4.79 Å². The molecule has 0 saturated heterocycles. The maximum atomic E-state index is 11.3. The Morgan fingerprint density at radius 3 is 2.61 bits per heavy atom. The molecule has 0 saturated carbocycles. The first-order chi connectivity index (χ1) is 8.61. The van der Waals surface area contributed by atoms with E-state index in [9.17, 15) is 4.79 Å². The SMILES string of the molecule is Cc1ccccc1CCNCCCC(=O)N(C)C. The van der Waals surface area contributed by atoms with Crippen molar-refractivity contribution in [3.8, 4) is 0 Å². The molecule has 100 valence electrons. The van der Waals surface area contributed by atoms with E-state index < -0.39 is 0 Å². The lowest BCUT2D eigenvalue weighted by molar-refractivity contribution is -0.128. The molecule has 0 aliphatic heterocycles. The van der Waals surface area contributed by atoms with Crippen LogP contribution in [0.2, 0.25) is 0 Å². The molecule has 0 unspecified atom stereocenters. The van der Waals surface area contributed by atoms with Gasteiger partial charge in [-0.15, -0.1) is 0 Å². The van der Waals surface area contributed by atoms with Crippen LogP contribution in [0.15, 0.2) is 24.3 Å². The van der Waals surface area contributed by atoms with Crippen LogP contribution in [0.5, 0.6) is 0 Å². The van der Waals surface area contributed by atoms with E-state index in [2.05, 4.69) is 36.5 Å². The standard InChI is InChI=1S/C15H24N2O/c1-13-7-4-5-8-14(13)10-12-16-11-6-9-15(18)17(2)3/h4-5,7-8,16H,6,9-12H2,1-3H3. The van der Waals surface area contributed by atoms with Crippen LogP contribution in [-0.4, -0.2) is 38.0 Å². The lowest BCUT2D eigenvalue weighted by Crippen LogP contribution is -2.24. The Bertz CT molecular complexity index is 375. The summed E-state index contributed by atoms with van der Waals surface area (Å²) < 4.78 is 0. The number of carbonyl (C=O) groups excluding carboxylic acids is 1. The van der Waals surface area contributed by atoms with Gasteiger partial charge in [0, 0.05) is 20.5 Å². The van der Waals surface area contributed by atoms with Crippen LogP contribution < -0.4 is 5.32 Å². The van der Waals surface area contributed by atoms with Crippen molar-refractivity contribution in [2.75, 3.05) is 27.2 Å². The summed E-state index contributed by atoms with van der Waals surface area (Å²) in [6.45, 7) is 4.03. The Labute approximate surface area is 110 Å². The summed E-state index contributed by atoms with van der Waals surface area (Å²) in [6, 6.07) is 8.47. The highest BCUT2D eigenvalue weighted by molar-refractivity contribution is 5.75. The summed E-state index contributed by atoms with van der Waals surface area (Å²) in [5, 5.41) is 3.38. The third-order valence-electron chi connectivity index (χ3n) is 3.08. The minimum atomic E-state index is 0.204. The summed E-state index contributed by atoms with van der Waals surface area (Å²) in [4.78, 5) is 13.0. The molecular weight excluding hydrogens is 224 g/mol. The van der Waals surface area contributed by atoms with Crippen LogP contribution in [0.25, 0.3) is 0 Å². The molecule has 3 heteroatoms. The molecule has 0 heterocycles. The van der Waals surface area contributed by atoms with E-state index in [1.807, 2.05) is 0 Å². The number of carbonyl (C=O) groups is 1. The Kier molecular flexibility index (Phi) is 6.44. The fraction of sp³-hybridized carbons (Fsp3) is 0.533. The third kappa shape index (κ3) is 5.32. The van der Waals surface area contributed by atoms with Crippen LogP contribution in [0.1, 0.15) is 24.0 Å². The van der Waals surface area contributed by atoms with Gasteiger partial charge in [0.05, 0.1) is 0 Å². The fourth-order valence-corrected chi connectivity index (χ4v) is 1.83. The molecule has 0 aromatic heterocycles. The second-order valence-electron chi connectivity index (χ2n) is 4.82. The molecule has 18 heavy (non-hydrogen) atoms. The number of rotatable bonds is 7. The first-order valence-electron chi connectivity index (χ1n) is 6.56. The minimum absolute atomic E-state index is 0.204. The van der Waals surface area contributed by atoms with Crippen LogP contribution in [-0.2, 0) is 11.2 Å². The van der Waals surface area contributed by atoms with E-state index in [1.54, 1.807) is 19.0 Å². The Balaban J connectivity index is 2.09. The van der Waals surface area contributed by atoms with Crippen molar-refractivity contribution in [2.24, 2.45) is 0 Å². The van der Waals surface area contributed by atoms with E-state index in [4.69, 9.17) is 0 Å². The van der Waals surface area contributed by atoms with E-state index in [0.29, 0.717) is 6.42 Å². The lowest BCUT2D eigenvalue weighted by atomic mass is 10.1. The van der Waals surface area contributed by atoms with Crippen molar-refractivity contribution in [2.45, 2.75) is 26.2 Å². The first kappa shape index (κ1) is 14.7. The zero-order chi connectivity index (χ0) is 13.4. The smallest absolute Gasteiger partial charge is 0.222 e. The van der Waals surface area contributed by atoms with Gasteiger partial charge in [-0.1, -0.05) is 24.3 Å². The summed E-state index contributed by atoms with van der Waals surface area (Å²) in [7, 11) is 3.60. The number of nitrogens with one attached hydrogen (secondary N) is 1. The molecule has 0 aliphatic carbocycles. The zero-order valence-electron chi connectivity index (χ0n) is 11.7. The van der Waals surface area contributed by atoms with E-state index in [-0.39, 0.29) is 5.91 Å². The maximum absolute atomic E-state index is 11.3. The second kappa shape index (κ2) is 7.88. The van der Waals surface area contributed by atoms with Crippen LogP contribution >= 0.6 is 0 Å². The fourth-order valence-electron chi connectivity index (χ4n) is 1.83. The molecule has 0 atom stereocenters. The number of benzene rings is 1. The third-order valence-corrected chi connectivity index (χ3v) is 3.08. The van der Waals surface area contributed by atoms with Gasteiger partial charge < -0.3 is 10.2 Å². The van der Waals surface area contributed by atoms with Crippen molar-refractivity contribution in [3.63, 3.8) is 0 Å². The predicted molar refractivity (Wildman–Crippen MR) is 75.7 cm³/mol. The lowest BCUT2D eigenvalue weighted by Gasteiger charge is -2.10. The number of nitrogens with zero attached hydrogens (tertiary/aromatic N) is 1. The van der Waals surface area contributed by atoms with Gasteiger partial charge >= 0.3 is 0 Å². The van der Waals surface area contributed by atoms with Crippen molar-refractivity contribution in [1.29, 1.82) is 0 Å². The predicted octanol–water partition coefficient (Wildman–Crippen LogP) is 2.00. The summed E-state index contributed by atoms with van der Waals surface area (Å²) in [6.07, 6.45) is 2.59. The highest BCUT2D eigenvalue weighted by Crippen LogP contribution is 2.06. The summed E-state index contributed by atoms with van der Waals surface area (Å²) in [5.74, 6) is 0.204. The van der Waals surface area contributed by atoms with Crippen LogP contribution in [0.4, 0.5) is 0 Å². The summed E-state index contributed by atoms with van der Waals surface area (Å²) >= 11 is 0. The molecule has 0 bridgehead atoms. The van der Waals surface area contributed by atoms with Gasteiger partial charge in [0.25, 0.3) is 0 Å². The minimum Gasteiger partial charge on any atom is -0.349 e. The van der Waals surface area contributed by atoms with Crippen LogP contribution in [0.3, 0.4) is 0 Å². The number of hydrogen-bond acceptors (Lipinski definition) is 2. The maximum Gasteiger partial charge on any atom is 0.222 e. The van der Waals surface area contributed by atoms with Crippen molar-refractivity contribution in [3.05, 3.63) is 35.4 Å². The zero-order valence-corrected chi connectivity index (χ0v) is 11.7. The largest absolute Gasteiger partial charge is 0.349 e. The van der Waals surface area contributed by atoms with E-state index >= 15 is 0 Å². The molecule has 0 fully saturated rings. The average Bonchev–Trinajstić information content (AvgIpc) is 2.35. The molecule has 1 aromatic rings. The highest BCUT2D eigenvalue weighted by atomic mass is 16.2. The van der Waals surface area contributed by atoms with Crippen molar-refractivity contribution < 1.29 is 4.79 Å². The van der Waals surface area contributed by atoms with Gasteiger partial charge in [0.2, 0.25) is 5.91 Å². The molecule has 0 radical (unpaired) electrons. The Morgan fingerprint density at radius 2 is 1.94 bits per heavy atom. The normalized spacial score (nSPS) is 10.4. The van der Waals surface area contributed by atoms with Crippen molar-refractivity contribution in [1.82, 2.24) is 10.2 Å². The monoisotopic (exact) mass is 248 g/mol. The number of aryl methyl sites for hydroxylation is 1. The average molecular weight is 248 g/mol. The molecule has 1 aromatic carbocycles. The molecule has 0 spiro atoms. The second-order valence-corrected chi connectivity index (χ2v) is 4.82. The molecule has 1 N–H and O–H groups in total. The topological polar surface area (TPSA) is 32.3 Å². The van der Waals surface area contributed by atoms with E-state index in [0.717, 1.165) is 25.9 Å². The molecular formula is C15H24N2O. The first-order valence-corrected chi connectivity index (χ1v) is 6.56. The highest BCUT2D eigenvalue weighted by Gasteiger charge is 2.02. The van der Waals surface area contributed by atoms with Crippen molar-refractivity contribution >= 4 is 5.91 Å². The Morgan fingerprint density at radius 1 is 1.22 bits per heavy atom. The van der Waals surface area contributed by atoms with Gasteiger partial charge in [-0.25, -0.2) is 0 Å². The summed E-state index contributed by atoms with van der Waals surface area (Å²) in [5.41, 5.74) is 2.75. The molecule has 1 rings (SSSR count). The van der Waals surface area contributed by atoms with E-state index in [1.165, 1.54) is 11.1 Å². The van der Waals surface area contributed by atoms with Gasteiger partial charge in [0.15, 0.2) is 0 Å². The molecule has 0 aliphatic rings. The van der Waals surface area contributed by atoms with Gasteiger partial charge in [0.1, 0.15) is 0 Å². The number of amides is 1. The van der Waals surface area contributed by atoms with Crippen LogP contribution in [0, 0.1) is 6.92 Å². The number of hydrogen-bond donors (Lipinski definition) is 1.